The van der Waals surface area contributed by atoms with Crippen LogP contribution in [0.4, 0.5) is 0 Å². The van der Waals surface area contributed by atoms with Crippen molar-refractivity contribution in [2.24, 2.45) is 0 Å². The van der Waals surface area contributed by atoms with Crippen molar-refractivity contribution in [2.75, 3.05) is 21.2 Å². The Morgan fingerprint density at radius 3 is 2.33 bits per heavy atom. The molecule has 0 aromatic carbocycles. The highest BCUT2D eigenvalue weighted by Crippen LogP contribution is 2.01. The van der Waals surface area contributed by atoms with E-state index in [0.717, 1.165) is 0 Å². The molecule has 0 aliphatic heterocycles. The first-order valence-electron chi connectivity index (χ1n) is 3.92. The van der Waals surface area contributed by atoms with E-state index in [2.05, 4.69) is 4.74 Å². The van der Waals surface area contributed by atoms with Crippen LogP contribution in [0.3, 0.4) is 0 Å². The number of esters is 1. The monoisotopic (exact) mass is 171 g/mol. The van der Waals surface area contributed by atoms with Crippen LogP contribution in [0.25, 0.3) is 0 Å². The first kappa shape index (κ1) is 11.2. The van der Waals surface area contributed by atoms with E-state index in [-0.39, 0.29) is 12.0 Å². The van der Waals surface area contributed by atoms with Crippen LogP contribution >= 0.6 is 0 Å². The minimum absolute atomic E-state index is 0.254. The lowest BCUT2D eigenvalue weighted by atomic mass is 10.2. The predicted octanol–water partition coefficient (Wildman–Crippen LogP) is 1.06. The van der Waals surface area contributed by atoms with Gasteiger partial charge in [-0.05, 0) is 27.9 Å². The summed E-state index contributed by atoms with van der Waals surface area (Å²) < 4.78 is 4.57. The number of likely N-dealkylation sites (N-methyl/N-ethyl adjacent to an activating group) is 1. The smallest absolute Gasteiger partial charge is 0.333 e. The maximum absolute atomic E-state index is 11.0. The molecule has 12 heavy (non-hydrogen) atoms. The second kappa shape index (κ2) is 4.93. The second-order valence-electron chi connectivity index (χ2n) is 3.05. The van der Waals surface area contributed by atoms with Crippen LogP contribution in [0.2, 0.25) is 0 Å². The third-order valence-corrected chi connectivity index (χ3v) is 1.81. The van der Waals surface area contributed by atoms with E-state index in [4.69, 9.17) is 0 Å². The summed E-state index contributed by atoms with van der Waals surface area (Å²) in [7, 11) is 5.32. The summed E-state index contributed by atoms with van der Waals surface area (Å²) in [6, 6.07) is 0.254. The Hall–Kier alpha value is -0.830. The minimum Gasteiger partial charge on any atom is -0.466 e. The molecule has 70 valence electrons. The Morgan fingerprint density at radius 2 is 2.00 bits per heavy atom. The van der Waals surface area contributed by atoms with Gasteiger partial charge in [0.05, 0.1) is 7.11 Å². The standard InChI is InChI=1S/C9H17NO2/c1-7(9(11)12-5)6-8(2)10(3)4/h6,8H,1-5H3/b7-6+. The summed E-state index contributed by atoms with van der Waals surface area (Å²) in [5.74, 6) is -0.260. The van der Waals surface area contributed by atoms with E-state index in [0.29, 0.717) is 5.57 Å². The first-order valence-corrected chi connectivity index (χ1v) is 3.92. The van der Waals surface area contributed by atoms with Crippen LogP contribution in [-0.4, -0.2) is 38.1 Å². The van der Waals surface area contributed by atoms with E-state index in [9.17, 15) is 4.79 Å². The Morgan fingerprint density at radius 1 is 1.50 bits per heavy atom. The molecular weight excluding hydrogens is 154 g/mol. The highest BCUT2D eigenvalue weighted by Gasteiger charge is 2.06. The van der Waals surface area contributed by atoms with E-state index >= 15 is 0 Å². The molecule has 0 rings (SSSR count). The van der Waals surface area contributed by atoms with Gasteiger partial charge in [0.1, 0.15) is 0 Å². The van der Waals surface area contributed by atoms with Crippen LogP contribution in [-0.2, 0) is 9.53 Å². The SMILES string of the molecule is COC(=O)/C(C)=C/C(C)N(C)C. The Bertz CT molecular complexity index is 185. The normalized spacial score (nSPS) is 14.7. The zero-order valence-electron chi connectivity index (χ0n) is 8.42. The van der Waals surface area contributed by atoms with Crippen molar-refractivity contribution in [1.82, 2.24) is 4.90 Å². The molecule has 1 atom stereocenters. The molecule has 0 aliphatic rings. The molecule has 3 nitrogen and oxygen atoms in total. The Balaban J connectivity index is 4.25. The van der Waals surface area contributed by atoms with E-state index in [1.807, 2.05) is 32.0 Å². The number of nitrogens with zero attached hydrogens (tertiary/aromatic N) is 1. The molecule has 0 heterocycles. The average Bonchev–Trinajstić information content (AvgIpc) is 2.02. The molecule has 0 N–H and O–H groups in total. The highest BCUT2D eigenvalue weighted by atomic mass is 16.5. The van der Waals surface area contributed by atoms with Gasteiger partial charge < -0.3 is 9.64 Å². The molecule has 0 fully saturated rings. The lowest BCUT2D eigenvalue weighted by molar-refractivity contribution is -0.136. The number of methoxy groups -OCH3 is 1. The maximum atomic E-state index is 11.0. The molecule has 0 bridgehead atoms. The van der Waals surface area contributed by atoms with Gasteiger partial charge in [0.2, 0.25) is 0 Å². The fraction of sp³-hybridized carbons (Fsp3) is 0.667. The van der Waals surface area contributed by atoms with Gasteiger partial charge in [0.15, 0.2) is 0 Å². The lowest BCUT2D eigenvalue weighted by Gasteiger charge is -2.16. The van der Waals surface area contributed by atoms with Gasteiger partial charge in [-0.1, -0.05) is 6.08 Å². The van der Waals surface area contributed by atoms with Gasteiger partial charge in [-0.2, -0.15) is 0 Å². The molecular formula is C9H17NO2. The molecule has 3 heteroatoms. The molecule has 0 amide bonds. The molecule has 0 aromatic heterocycles. The largest absolute Gasteiger partial charge is 0.466 e. The number of rotatable bonds is 3. The van der Waals surface area contributed by atoms with Crippen molar-refractivity contribution < 1.29 is 9.53 Å². The number of hydrogen-bond acceptors (Lipinski definition) is 3. The van der Waals surface area contributed by atoms with Gasteiger partial charge in [-0.3, -0.25) is 0 Å². The Kier molecular flexibility index (Phi) is 4.59. The summed E-state index contributed by atoms with van der Waals surface area (Å²) in [5, 5.41) is 0. The van der Waals surface area contributed by atoms with Crippen LogP contribution in [0.5, 0.6) is 0 Å². The van der Waals surface area contributed by atoms with Crippen molar-refractivity contribution in [1.29, 1.82) is 0 Å². The number of ether oxygens (including phenoxy) is 1. The quantitative estimate of drug-likeness (QED) is 0.469. The molecule has 0 spiro atoms. The van der Waals surface area contributed by atoms with E-state index in [1.54, 1.807) is 6.92 Å². The number of carbonyl (C=O) groups excluding carboxylic acids is 1. The number of carbonyl (C=O) groups is 1. The fourth-order valence-electron chi connectivity index (χ4n) is 0.740. The number of hydrogen-bond donors (Lipinski definition) is 0. The van der Waals surface area contributed by atoms with Gasteiger partial charge in [-0.15, -0.1) is 0 Å². The van der Waals surface area contributed by atoms with Gasteiger partial charge >= 0.3 is 5.97 Å². The van der Waals surface area contributed by atoms with Crippen LogP contribution in [0, 0.1) is 0 Å². The van der Waals surface area contributed by atoms with E-state index in [1.165, 1.54) is 7.11 Å². The molecule has 0 saturated carbocycles. The van der Waals surface area contributed by atoms with Gasteiger partial charge in [0, 0.05) is 11.6 Å². The molecule has 0 radical (unpaired) electrons. The second-order valence-corrected chi connectivity index (χ2v) is 3.05. The summed E-state index contributed by atoms with van der Waals surface area (Å²) in [5.41, 5.74) is 0.652. The average molecular weight is 171 g/mol. The zero-order valence-corrected chi connectivity index (χ0v) is 8.42. The molecule has 1 unspecified atom stereocenters. The van der Waals surface area contributed by atoms with Crippen molar-refractivity contribution in [2.45, 2.75) is 19.9 Å². The lowest BCUT2D eigenvalue weighted by Crippen LogP contribution is -2.23. The molecule has 0 saturated heterocycles. The summed E-state index contributed by atoms with van der Waals surface area (Å²) in [6.07, 6.45) is 1.88. The topological polar surface area (TPSA) is 29.5 Å². The highest BCUT2D eigenvalue weighted by molar-refractivity contribution is 5.87. The minimum atomic E-state index is -0.260. The summed E-state index contributed by atoms with van der Waals surface area (Å²) in [6.45, 7) is 3.78. The predicted molar refractivity (Wildman–Crippen MR) is 48.9 cm³/mol. The third-order valence-electron chi connectivity index (χ3n) is 1.81. The molecule has 0 aliphatic carbocycles. The van der Waals surface area contributed by atoms with Crippen molar-refractivity contribution in [3.05, 3.63) is 11.6 Å². The van der Waals surface area contributed by atoms with Gasteiger partial charge in [0.25, 0.3) is 0 Å². The maximum Gasteiger partial charge on any atom is 0.333 e. The van der Waals surface area contributed by atoms with E-state index < -0.39 is 0 Å². The van der Waals surface area contributed by atoms with Crippen molar-refractivity contribution >= 4 is 5.97 Å². The molecule has 0 aromatic rings. The van der Waals surface area contributed by atoms with Gasteiger partial charge in [-0.25, -0.2) is 4.79 Å². The summed E-state index contributed by atoms with van der Waals surface area (Å²) in [4.78, 5) is 13.0. The van der Waals surface area contributed by atoms with Crippen LogP contribution in [0.1, 0.15) is 13.8 Å². The van der Waals surface area contributed by atoms with Crippen LogP contribution in [0.15, 0.2) is 11.6 Å². The third kappa shape index (κ3) is 3.53. The zero-order chi connectivity index (χ0) is 9.72. The summed E-state index contributed by atoms with van der Waals surface area (Å²) >= 11 is 0. The van der Waals surface area contributed by atoms with Crippen molar-refractivity contribution in [3.63, 3.8) is 0 Å². The van der Waals surface area contributed by atoms with Crippen LogP contribution < -0.4 is 0 Å². The van der Waals surface area contributed by atoms with Crippen molar-refractivity contribution in [3.8, 4) is 0 Å². The first-order chi connectivity index (χ1) is 5.49. The Labute approximate surface area is 74.0 Å². The fourth-order valence-corrected chi connectivity index (χ4v) is 0.740.